The maximum absolute atomic E-state index is 11.1. The molecule has 1 rings (SSSR count). The van der Waals surface area contributed by atoms with Gasteiger partial charge < -0.3 is 14.4 Å². The van der Waals surface area contributed by atoms with Crippen LogP contribution in [0, 0.1) is 0 Å². The Morgan fingerprint density at radius 2 is 2.12 bits per heavy atom. The maximum atomic E-state index is 11.1. The maximum Gasteiger partial charge on any atom is 0.358 e. The molecule has 0 aliphatic heterocycles. The lowest BCUT2D eigenvalue weighted by atomic mass is 10.4. The van der Waals surface area contributed by atoms with E-state index in [0.717, 1.165) is 6.54 Å². The highest BCUT2D eigenvalue weighted by molar-refractivity contribution is 5.86. The predicted molar refractivity (Wildman–Crippen MR) is 57.4 cm³/mol. The topological polar surface area (TPSA) is 64.6 Å². The zero-order valence-electron chi connectivity index (χ0n) is 9.64. The van der Waals surface area contributed by atoms with Crippen LogP contribution in [-0.2, 0) is 4.74 Å². The Hall–Kier alpha value is -1.69. The summed E-state index contributed by atoms with van der Waals surface area (Å²) in [6, 6.07) is 0. The van der Waals surface area contributed by atoms with Crippen LogP contribution >= 0.6 is 0 Å². The molecular formula is C10H15N3O3. The quantitative estimate of drug-likeness (QED) is 0.667. The molecule has 6 heteroatoms. The van der Waals surface area contributed by atoms with Gasteiger partial charge in [0.05, 0.1) is 19.5 Å². The van der Waals surface area contributed by atoms with Gasteiger partial charge in [-0.3, -0.25) is 0 Å². The Bertz CT molecular complexity index is 338. The number of rotatable bonds is 5. The van der Waals surface area contributed by atoms with E-state index in [1.54, 1.807) is 0 Å². The van der Waals surface area contributed by atoms with Crippen LogP contribution in [0.5, 0.6) is 5.88 Å². The van der Waals surface area contributed by atoms with E-state index in [4.69, 9.17) is 4.74 Å². The number of hydrogen-bond donors (Lipinski definition) is 0. The van der Waals surface area contributed by atoms with Gasteiger partial charge in [-0.1, -0.05) is 0 Å². The third-order valence-corrected chi connectivity index (χ3v) is 1.81. The summed E-state index contributed by atoms with van der Waals surface area (Å²) < 4.78 is 9.82. The van der Waals surface area contributed by atoms with Crippen LogP contribution in [0.3, 0.4) is 0 Å². The number of esters is 1. The summed E-state index contributed by atoms with van der Waals surface area (Å²) in [5.74, 6) is -0.109. The van der Waals surface area contributed by atoms with Crippen molar-refractivity contribution in [3.05, 3.63) is 18.1 Å². The number of carbonyl (C=O) groups is 1. The molecule has 88 valence electrons. The van der Waals surface area contributed by atoms with Crippen LogP contribution in [0.25, 0.3) is 0 Å². The summed E-state index contributed by atoms with van der Waals surface area (Å²) in [6.45, 7) is 1.32. The number of methoxy groups -OCH3 is 1. The average molecular weight is 225 g/mol. The van der Waals surface area contributed by atoms with E-state index in [1.807, 2.05) is 19.0 Å². The van der Waals surface area contributed by atoms with Gasteiger partial charge in [-0.15, -0.1) is 0 Å². The highest BCUT2D eigenvalue weighted by Crippen LogP contribution is 2.04. The van der Waals surface area contributed by atoms with Crippen LogP contribution in [-0.4, -0.2) is 55.2 Å². The van der Waals surface area contributed by atoms with Crippen molar-refractivity contribution < 1.29 is 14.3 Å². The molecule has 0 radical (unpaired) electrons. The van der Waals surface area contributed by atoms with Gasteiger partial charge in [0.15, 0.2) is 5.69 Å². The molecule has 1 aromatic heterocycles. The van der Waals surface area contributed by atoms with Gasteiger partial charge in [0.25, 0.3) is 0 Å². The first-order valence-corrected chi connectivity index (χ1v) is 4.81. The van der Waals surface area contributed by atoms with E-state index in [-0.39, 0.29) is 5.69 Å². The monoisotopic (exact) mass is 225 g/mol. The Kier molecular flexibility index (Phi) is 4.65. The van der Waals surface area contributed by atoms with Crippen LogP contribution in [0.4, 0.5) is 0 Å². The van der Waals surface area contributed by atoms with Crippen molar-refractivity contribution in [1.82, 2.24) is 14.9 Å². The first-order valence-electron chi connectivity index (χ1n) is 4.81. The van der Waals surface area contributed by atoms with Gasteiger partial charge in [-0.2, -0.15) is 0 Å². The van der Waals surface area contributed by atoms with E-state index < -0.39 is 5.97 Å². The standard InChI is InChI=1S/C10H15N3O3/c1-13(2)4-5-16-9-7-11-8(6-12-9)10(14)15-3/h6-7H,4-5H2,1-3H3. The highest BCUT2D eigenvalue weighted by Gasteiger charge is 2.07. The molecule has 0 bridgehead atoms. The summed E-state index contributed by atoms with van der Waals surface area (Å²) in [5.41, 5.74) is 0.169. The smallest absolute Gasteiger partial charge is 0.358 e. The fourth-order valence-corrected chi connectivity index (χ4v) is 0.933. The number of likely N-dealkylation sites (N-methyl/N-ethyl adjacent to an activating group) is 1. The molecule has 0 N–H and O–H groups in total. The molecule has 1 aromatic rings. The summed E-state index contributed by atoms with van der Waals surface area (Å²) >= 11 is 0. The first-order chi connectivity index (χ1) is 7.63. The normalized spacial score (nSPS) is 10.2. The van der Waals surface area contributed by atoms with E-state index in [2.05, 4.69) is 14.7 Å². The second kappa shape index (κ2) is 6.02. The minimum Gasteiger partial charge on any atom is -0.475 e. The van der Waals surface area contributed by atoms with Gasteiger partial charge in [-0.25, -0.2) is 14.8 Å². The van der Waals surface area contributed by atoms with Gasteiger partial charge in [-0.05, 0) is 14.1 Å². The van der Waals surface area contributed by atoms with E-state index >= 15 is 0 Å². The van der Waals surface area contributed by atoms with Crippen molar-refractivity contribution in [3.8, 4) is 5.88 Å². The number of aromatic nitrogens is 2. The zero-order valence-corrected chi connectivity index (χ0v) is 9.64. The van der Waals surface area contributed by atoms with Gasteiger partial charge in [0, 0.05) is 6.54 Å². The van der Waals surface area contributed by atoms with Gasteiger partial charge >= 0.3 is 5.97 Å². The molecule has 0 spiro atoms. The molecule has 6 nitrogen and oxygen atoms in total. The number of nitrogens with zero attached hydrogens (tertiary/aromatic N) is 3. The molecule has 0 fully saturated rings. The minimum absolute atomic E-state index is 0.169. The number of hydrogen-bond acceptors (Lipinski definition) is 6. The molecular weight excluding hydrogens is 210 g/mol. The molecule has 0 atom stereocenters. The summed E-state index contributed by atoms with van der Waals surface area (Å²) in [6.07, 6.45) is 2.73. The summed E-state index contributed by atoms with van der Waals surface area (Å²) in [5, 5.41) is 0. The zero-order chi connectivity index (χ0) is 12.0. The predicted octanol–water partition coefficient (Wildman–Crippen LogP) is 0.204. The third kappa shape index (κ3) is 3.82. The number of carbonyl (C=O) groups excluding carboxylic acids is 1. The van der Waals surface area contributed by atoms with Crippen LogP contribution < -0.4 is 4.74 Å². The lowest BCUT2D eigenvalue weighted by Crippen LogP contribution is -2.19. The molecule has 1 heterocycles. The Morgan fingerprint density at radius 3 is 2.62 bits per heavy atom. The molecule has 0 saturated carbocycles. The lowest BCUT2D eigenvalue weighted by molar-refractivity contribution is 0.0593. The van der Waals surface area contributed by atoms with Gasteiger partial charge in [0.2, 0.25) is 5.88 Å². The Labute approximate surface area is 94.2 Å². The van der Waals surface area contributed by atoms with E-state index in [9.17, 15) is 4.79 Å². The molecule has 0 amide bonds. The van der Waals surface area contributed by atoms with Crippen molar-refractivity contribution >= 4 is 5.97 Å². The molecule has 16 heavy (non-hydrogen) atoms. The third-order valence-electron chi connectivity index (χ3n) is 1.81. The first kappa shape index (κ1) is 12.4. The molecule has 0 aromatic carbocycles. The fourth-order valence-electron chi connectivity index (χ4n) is 0.933. The fraction of sp³-hybridized carbons (Fsp3) is 0.500. The minimum atomic E-state index is -0.507. The van der Waals surface area contributed by atoms with Crippen LogP contribution in [0.15, 0.2) is 12.4 Å². The van der Waals surface area contributed by atoms with Crippen molar-refractivity contribution in [2.45, 2.75) is 0 Å². The highest BCUT2D eigenvalue weighted by atomic mass is 16.5. The van der Waals surface area contributed by atoms with Crippen molar-refractivity contribution in [3.63, 3.8) is 0 Å². The second-order valence-corrected chi connectivity index (χ2v) is 3.38. The van der Waals surface area contributed by atoms with Crippen molar-refractivity contribution in [2.75, 3.05) is 34.4 Å². The average Bonchev–Trinajstić information content (AvgIpc) is 2.28. The SMILES string of the molecule is COC(=O)c1cnc(OCCN(C)C)cn1. The Morgan fingerprint density at radius 1 is 1.38 bits per heavy atom. The summed E-state index contributed by atoms with van der Waals surface area (Å²) in [4.78, 5) is 20.9. The lowest BCUT2D eigenvalue weighted by Gasteiger charge is -2.09. The largest absolute Gasteiger partial charge is 0.475 e. The molecule has 0 aliphatic rings. The molecule has 0 unspecified atom stereocenters. The van der Waals surface area contributed by atoms with Crippen molar-refractivity contribution in [2.24, 2.45) is 0 Å². The molecule has 0 saturated heterocycles. The van der Waals surface area contributed by atoms with E-state index in [0.29, 0.717) is 12.5 Å². The molecule has 0 aliphatic carbocycles. The van der Waals surface area contributed by atoms with Crippen LogP contribution in [0.2, 0.25) is 0 Å². The Balaban J connectivity index is 2.48. The summed E-state index contributed by atoms with van der Waals surface area (Å²) in [7, 11) is 5.20. The number of ether oxygens (including phenoxy) is 2. The van der Waals surface area contributed by atoms with E-state index in [1.165, 1.54) is 19.5 Å². The van der Waals surface area contributed by atoms with Crippen molar-refractivity contribution in [1.29, 1.82) is 0 Å². The van der Waals surface area contributed by atoms with Gasteiger partial charge in [0.1, 0.15) is 6.61 Å². The second-order valence-electron chi connectivity index (χ2n) is 3.38. The van der Waals surface area contributed by atoms with Crippen LogP contribution in [0.1, 0.15) is 10.5 Å².